The third-order valence-corrected chi connectivity index (χ3v) is 1.57. The van der Waals surface area contributed by atoms with E-state index in [1.54, 1.807) is 0 Å². The molecule has 2 heterocycles. The highest BCUT2D eigenvalue weighted by Crippen LogP contribution is 2.06. The lowest BCUT2D eigenvalue weighted by molar-refractivity contribution is 0.339. The van der Waals surface area contributed by atoms with Gasteiger partial charge in [0.2, 0.25) is 0 Å². The first-order chi connectivity index (χ1) is 4.47. The summed E-state index contributed by atoms with van der Waals surface area (Å²) in [5.74, 6) is 0. The molecule has 3 nitrogen and oxygen atoms in total. The maximum absolute atomic E-state index is 3.19. The summed E-state index contributed by atoms with van der Waals surface area (Å²) in [5.41, 5.74) is 0. The van der Waals surface area contributed by atoms with Crippen LogP contribution in [-0.4, -0.2) is 17.6 Å². The third kappa shape index (κ3) is 0.650. The van der Waals surface area contributed by atoms with Crippen molar-refractivity contribution in [2.24, 2.45) is 0 Å². The van der Waals surface area contributed by atoms with Gasteiger partial charge in [0, 0.05) is 24.8 Å². The van der Waals surface area contributed by atoms with Gasteiger partial charge in [-0.15, -0.1) is 0 Å². The SMILES string of the molecule is C1=CN2C=CNC2CN1. The highest BCUT2D eigenvalue weighted by molar-refractivity contribution is 5.04. The summed E-state index contributed by atoms with van der Waals surface area (Å²) in [6.45, 7) is 0.976. The van der Waals surface area contributed by atoms with E-state index in [2.05, 4.69) is 15.5 Å². The number of nitrogens with zero attached hydrogens (tertiary/aromatic N) is 1. The van der Waals surface area contributed by atoms with Crippen molar-refractivity contribution in [3.63, 3.8) is 0 Å². The highest BCUT2D eigenvalue weighted by Gasteiger charge is 2.17. The second kappa shape index (κ2) is 1.69. The van der Waals surface area contributed by atoms with Crippen LogP contribution in [0.4, 0.5) is 0 Å². The smallest absolute Gasteiger partial charge is 0.120 e. The van der Waals surface area contributed by atoms with Crippen LogP contribution in [-0.2, 0) is 0 Å². The van der Waals surface area contributed by atoms with Crippen molar-refractivity contribution in [2.75, 3.05) is 6.54 Å². The molecule has 0 amide bonds. The monoisotopic (exact) mass is 123 g/mol. The Hall–Kier alpha value is -1.12. The van der Waals surface area contributed by atoms with Gasteiger partial charge in [-0.2, -0.15) is 0 Å². The minimum absolute atomic E-state index is 0.440. The fourth-order valence-electron chi connectivity index (χ4n) is 1.07. The average molecular weight is 123 g/mol. The van der Waals surface area contributed by atoms with Crippen molar-refractivity contribution < 1.29 is 0 Å². The van der Waals surface area contributed by atoms with Gasteiger partial charge in [-0.25, -0.2) is 0 Å². The van der Waals surface area contributed by atoms with E-state index in [1.165, 1.54) is 0 Å². The van der Waals surface area contributed by atoms with Crippen molar-refractivity contribution in [3.05, 3.63) is 24.8 Å². The summed E-state index contributed by atoms with van der Waals surface area (Å²) >= 11 is 0. The Kier molecular flexibility index (Phi) is 0.886. The summed E-state index contributed by atoms with van der Waals surface area (Å²) < 4.78 is 0. The number of hydrogen-bond acceptors (Lipinski definition) is 3. The largest absolute Gasteiger partial charge is 0.386 e. The predicted octanol–water partition coefficient (Wildman–Crippen LogP) is -0.237. The molecule has 0 saturated carbocycles. The molecule has 48 valence electrons. The van der Waals surface area contributed by atoms with Crippen molar-refractivity contribution in [3.8, 4) is 0 Å². The minimum Gasteiger partial charge on any atom is -0.386 e. The first kappa shape index (κ1) is 4.73. The zero-order valence-electron chi connectivity index (χ0n) is 5.04. The van der Waals surface area contributed by atoms with Gasteiger partial charge in [-0.1, -0.05) is 0 Å². The van der Waals surface area contributed by atoms with Crippen LogP contribution < -0.4 is 10.6 Å². The van der Waals surface area contributed by atoms with Crippen LogP contribution in [0.5, 0.6) is 0 Å². The number of rotatable bonds is 0. The Bertz CT molecular complexity index is 162. The van der Waals surface area contributed by atoms with Crippen LogP contribution in [0.2, 0.25) is 0 Å². The van der Waals surface area contributed by atoms with E-state index in [0.29, 0.717) is 6.17 Å². The van der Waals surface area contributed by atoms with Crippen LogP contribution in [0, 0.1) is 0 Å². The summed E-state index contributed by atoms with van der Waals surface area (Å²) in [6.07, 6.45) is 8.40. The number of nitrogens with one attached hydrogen (secondary N) is 2. The fourth-order valence-corrected chi connectivity index (χ4v) is 1.07. The van der Waals surface area contributed by atoms with E-state index in [1.807, 2.05) is 24.8 Å². The van der Waals surface area contributed by atoms with E-state index in [-0.39, 0.29) is 0 Å². The van der Waals surface area contributed by atoms with E-state index < -0.39 is 0 Å². The van der Waals surface area contributed by atoms with Gasteiger partial charge in [-0.05, 0) is 0 Å². The summed E-state index contributed by atoms with van der Waals surface area (Å²) in [6, 6.07) is 0. The lowest BCUT2D eigenvalue weighted by atomic mass is 10.4. The molecule has 0 radical (unpaired) electrons. The van der Waals surface area contributed by atoms with Crippen molar-refractivity contribution in [2.45, 2.75) is 6.17 Å². The second-order valence-electron chi connectivity index (χ2n) is 2.17. The molecule has 0 fully saturated rings. The molecule has 2 aliphatic rings. The molecule has 1 unspecified atom stereocenters. The fraction of sp³-hybridized carbons (Fsp3) is 0.333. The topological polar surface area (TPSA) is 27.3 Å². The lowest BCUT2D eigenvalue weighted by Crippen LogP contribution is -2.42. The molecular weight excluding hydrogens is 114 g/mol. The van der Waals surface area contributed by atoms with Gasteiger partial charge in [-0.3, -0.25) is 0 Å². The van der Waals surface area contributed by atoms with Crippen LogP contribution in [0.1, 0.15) is 0 Å². The molecule has 1 atom stereocenters. The zero-order chi connectivity index (χ0) is 6.10. The molecular formula is C6H9N3. The molecule has 0 saturated heterocycles. The molecule has 2 rings (SSSR count). The van der Waals surface area contributed by atoms with Crippen LogP contribution in [0.15, 0.2) is 24.8 Å². The van der Waals surface area contributed by atoms with Gasteiger partial charge in [0.25, 0.3) is 0 Å². The van der Waals surface area contributed by atoms with Gasteiger partial charge in [0.05, 0.1) is 6.54 Å². The predicted molar refractivity (Wildman–Crippen MR) is 35.0 cm³/mol. The number of hydrogen-bond donors (Lipinski definition) is 2. The molecule has 0 aliphatic carbocycles. The average Bonchev–Trinajstić information content (AvgIpc) is 2.33. The Morgan fingerprint density at radius 2 is 2.22 bits per heavy atom. The standard InChI is InChI=1S/C6H9N3/c1-3-9-4-2-8-6(9)5-7-1/h1-4,6-8H,5H2. The third-order valence-electron chi connectivity index (χ3n) is 1.57. The Morgan fingerprint density at radius 1 is 1.33 bits per heavy atom. The van der Waals surface area contributed by atoms with E-state index in [9.17, 15) is 0 Å². The Balaban J connectivity index is 2.17. The first-order valence-electron chi connectivity index (χ1n) is 3.07. The summed E-state index contributed by atoms with van der Waals surface area (Å²) in [4.78, 5) is 2.14. The molecule has 2 N–H and O–H groups in total. The van der Waals surface area contributed by atoms with Crippen LogP contribution in [0.25, 0.3) is 0 Å². The lowest BCUT2D eigenvalue weighted by Gasteiger charge is -2.25. The van der Waals surface area contributed by atoms with Gasteiger partial charge >= 0.3 is 0 Å². The normalized spacial score (nSPS) is 29.3. The number of fused-ring (bicyclic) bond motifs is 1. The first-order valence-corrected chi connectivity index (χ1v) is 3.07. The molecule has 3 heteroatoms. The van der Waals surface area contributed by atoms with Gasteiger partial charge in [0.1, 0.15) is 6.17 Å². The molecule has 0 spiro atoms. The van der Waals surface area contributed by atoms with Crippen molar-refractivity contribution in [1.82, 2.24) is 15.5 Å². The van der Waals surface area contributed by atoms with Crippen molar-refractivity contribution in [1.29, 1.82) is 0 Å². The van der Waals surface area contributed by atoms with Gasteiger partial charge < -0.3 is 15.5 Å². The van der Waals surface area contributed by atoms with Crippen LogP contribution >= 0.6 is 0 Å². The zero-order valence-corrected chi connectivity index (χ0v) is 5.04. The molecule has 2 aliphatic heterocycles. The van der Waals surface area contributed by atoms with Crippen molar-refractivity contribution >= 4 is 0 Å². The van der Waals surface area contributed by atoms with Gasteiger partial charge in [0.15, 0.2) is 0 Å². The van der Waals surface area contributed by atoms with E-state index >= 15 is 0 Å². The molecule has 0 bridgehead atoms. The minimum atomic E-state index is 0.440. The molecule has 0 aromatic rings. The Morgan fingerprint density at radius 3 is 3.11 bits per heavy atom. The summed E-state index contributed by atoms with van der Waals surface area (Å²) in [7, 11) is 0. The molecule has 0 aromatic heterocycles. The molecule has 0 aromatic carbocycles. The van der Waals surface area contributed by atoms with Crippen LogP contribution in [0.3, 0.4) is 0 Å². The Labute approximate surface area is 54.0 Å². The highest BCUT2D eigenvalue weighted by atomic mass is 15.3. The summed E-state index contributed by atoms with van der Waals surface area (Å²) in [5, 5.41) is 6.32. The molecule has 9 heavy (non-hydrogen) atoms. The maximum Gasteiger partial charge on any atom is 0.120 e. The quantitative estimate of drug-likeness (QED) is 0.465. The van der Waals surface area contributed by atoms with E-state index in [0.717, 1.165) is 6.54 Å². The van der Waals surface area contributed by atoms with E-state index in [4.69, 9.17) is 0 Å². The maximum atomic E-state index is 3.19. The second-order valence-corrected chi connectivity index (χ2v) is 2.17.